The zero-order chi connectivity index (χ0) is 8.97. The number of methoxy groups -OCH3 is 1. The average molecular weight is 284 g/mol. The first-order chi connectivity index (χ1) is 5.74. The molecule has 4 heteroatoms. The molecule has 1 fully saturated rings. The molecule has 70 valence electrons. The second kappa shape index (κ2) is 5.01. The summed E-state index contributed by atoms with van der Waals surface area (Å²) in [5.41, 5.74) is 0. The summed E-state index contributed by atoms with van der Waals surface area (Å²) in [6.07, 6.45) is 4.34. The minimum Gasteiger partial charge on any atom is -0.452 e. The molecule has 1 aliphatic rings. The Bertz CT molecular complexity index is 160. The fourth-order valence-electron chi connectivity index (χ4n) is 1.59. The first-order valence-corrected chi connectivity index (χ1v) is 5.21. The molecule has 0 spiro atoms. The number of rotatable bonds is 2. The van der Waals surface area contributed by atoms with Gasteiger partial charge < -0.3 is 9.47 Å². The predicted octanol–water partition coefficient (Wildman–Crippen LogP) is 2.52. The Labute approximate surface area is 85.9 Å². The van der Waals surface area contributed by atoms with Crippen LogP contribution in [0, 0.1) is 0 Å². The van der Waals surface area contributed by atoms with E-state index in [0.717, 1.165) is 19.3 Å². The molecule has 0 amide bonds. The molecule has 0 aliphatic heterocycles. The Hall–Kier alpha value is 0.160. The molecule has 12 heavy (non-hydrogen) atoms. The smallest absolute Gasteiger partial charge is 0.367 e. The van der Waals surface area contributed by atoms with Gasteiger partial charge in [0.15, 0.2) is 0 Å². The Morgan fingerprint density at radius 3 is 2.42 bits per heavy atom. The van der Waals surface area contributed by atoms with Crippen molar-refractivity contribution in [2.24, 2.45) is 0 Å². The summed E-state index contributed by atoms with van der Waals surface area (Å²) in [6.45, 7) is 0. The zero-order valence-electron chi connectivity index (χ0n) is 7.09. The molecule has 1 rings (SSSR count). The van der Waals surface area contributed by atoms with Gasteiger partial charge in [-0.3, -0.25) is 0 Å². The molecule has 2 atom stereocenters. The maximum Gasteiger partial charge on any atom is 0.367 e. The molecule has 2 unspecified atom stereocenters. The fraction of sp³-hybridized carbons (Fsp3) is 0.875. The van der Waals surface area contributed by atoms with Crippen molar-refractivity contribution in [3.05, 3.63) is 0 Å². The number of carbonyl (C=O) groups is 1. The highest BCUT2D eigenvalue weighted by atomic mass is 127. The molecule has 1 aliphatic carbocycles. The third-order valence-corrected chi connectivity index (χ3v) is 2.44. The van der Waals surface area contributed by atoms with E-state index in [-0.39, 0.29) is 16.2 Å². The second-order valence-electron chi connectivity index (χ2n) is 2.95. The van der Waals surface area contributed by atoms with Crippen LogP contribution in [0.5, 0.6) is 0 Å². The third kappa shape index (κ3) is 2.90. The van der Waals surface area contributed by atoms with Crippen LogP contribution in [-0.4, -0.2) is 23.3 Å². The van der Waals surface area contributed by atoms with Gasteiger partial charge in [-0.2, -0.15) is 0 Å². The van der Waals surface area contributed by atoms with Crippen LogP contribution in [0.4, 0.5) is 4.79 Å². The zero-order valence-corrected chi connectivity index (χ0v) is 9.24. The van der Waals surface area contributed by atoms with E-state index in [1.807, 2.05) is 0 Å². The lowest BCUT2D eigenvalue weighted by molar-refractivity contribution is -0.0362. The van der Waals surface area contributed by atoms with Gasteiger partial charge in [-0.25, -0.2) is 4.79 Å². The summed E-state index contributed by atoms with van der Waals surface area (Å²) in [7, 11) is 1.67. The minimum atomic E-state index is -0.235. The first-order valence-electron chi connectivity index (χ1n) is 4.13. The van der Waals surface area contributed by atoms with Gasteiger partial charge in [-0.05, 0) is 19.3 Å². The molecule has 1 saturated carbocycles. The van der Waals surface area contributed by atoms with Crippen LogP contribution in [0.2, 0.25) is 0 Å². The molecule has 0 radical (unpaired) electrons. The van der Waals surface area contributed by atoms with Crippen LogP contribution in [-0.2, 0) is 9.47 Å². The summed E-state index contributed by atoms with van der Waals surface area (Å²) >= 11 is 1.65. The number of halogens is 1. The normalized spacial score (nSPS) is 29.8. The quantitative estimate of drug-likeness (QED) is 0.577. The number of ether oxygens (including phenoxy) is 2. The third-order valence-electron chi connectivity index (χ3n) is 2.19. The van der Waals surface area contributed by atoms with Gasteiger partial charge in [-0.15, -0.1) is 0 Å². The van der Waals surface area contributed by atoms with Crippen molar-refractivity contribution in [2.45, 2.75) is 37.9 Å². The molecule has 3 nitrogen and oxygen atoms in total. The Balaban J connectivity index is 2.41. The van der Waals surface area contributed by atoms with E-state index >= 15 is 0 Å². The highest BCUT2D eigenvalue weighted by Crippen LogP contribution is 2.24. The van der Waals surface area contributed by atoms with Crippen molar-refractivity contribution in [2.75, 3.05) is 7.11 Å². The number of hydrogen-bond donors (Lipinski definition) is 0. The lowest BCUT2D eigenvalue weighted by Crippen LogP contribution is -2.34. The second-order valence-corrected chi connectivity index (χ2v) is 3.83. The largest absolute Gasteiger partial charge is 0.452 e. The van der Waals surface area contributed by atoms with E-state index in [4.69, 9.17) is 9.47 Å². The molecule has 0 N–H and O–H groups in total. The van der Waals surface area contributed by atoms with Crippen LogP contribution in [0.25, 0.3) is 0 Å². The summed E-state index contributed by atoms with van der Waals surface area (Å²) in [4.78, 5) is 10.7. The highest BCUT2D eigenvalue weighted by Gasteiger charge is 2.27. The molecule has 0 heterocycles. The van der Waals surface area contributed by atoms with Crippen LogP contribution in [0.3, 0.4) is 0 Å². The van der Waals surface area contributed by atoms with Crippen molar-refractivity contribution in [1.82, 2.24) is 0 Å². The lowest BCUT2D eigenvalue weighted by Gasteiger charge is -2.29. The van der Waals surface area contributed by atoms with E-state index in [1.54, 1.807) is 29.7 Å². The highest BCUT2D eigenvalue weighted by molar-refractivity contribution is 14.1. The Morgan fingerprint density at radius 2 is 1.92 bits per heavy atom. The first kappa shape index (κ1) is 10.2. The van der Waals surface area contributed by atoms with Crippen LogP contribution < -0.4 is 0 Å². The van der Waals surface area contributed by atoms with Gasteiger partial charge in [0, 0.05) is 7.11 Å². The van der Waals surface area contributed by atoms with Crippen molar-refractivity contribution >= 4 is 26.6 Å². The van der Waals surface area contributed by atoms with Crippen LogP contribution in [0.1, 0.15) is 25.7 Å². The van der Waals surface area contributed by atoms with Gasteiger partial charge in [0.05, 0.1) is 28.7 Å². The average Bonchev–Trinajstić information content (AvgIpc) is 2.04. The van der Waals surface area contributed by atoms with E-state index in [9.17, 15) is 4.79 Å². The summed E-state index contributed by atoms with van der Waals surface area (Å²) in [5.74, 6) is 0. The van der Waals surface area contributed by atoms with E-state index in [1.165, 1.54) is 6.42 Å². The van der Waals surface area contributed by atoms with Crippen molar-refractivity contribution in [3.63, 3.8) is 0 Å². The number of hydrogen-bond acceptors (Lipinski definition) is 3. The minimum absolute atomic E-state index is 0.0202. The van der Waals surface area contributed by atoms with Crippen molar-refractivity contribution in [3.8, 4) is 0 Å². The molecule has 0 aromatic carbocycles. The monoisotopic (exact) mass is 284 g/mol. The molecular weight excluding hydrogens is 271 g/mol. The van der Waals surface area contributed by atoms with Crippen molar-refractivity contribution < 1.29 is 14.3 Å². The molecular formula is C8H13IO3. The molecule has 0 aromatic rings. The van der Waals surface area contributed by atoms with E-state index in [2.05, 4.69) is 0 Å². The Kier molecular flexibility index (Phi) is 4.28. The predicted molar refractivity (Wildman–Crippen MR) is 53.6 cm³/mol. The fourth-order valence-corrected chi connectivity index (χ4v) is 1.91. The number of carbonyl (C=O) groups excluding carboxylic acids is 1. The summed E-state index contributed by atoms with van der Waals surface area (Å²) in [6, 6.07) is 0. The van der Waals surface area contributed by atoms with Crippen LogP contribution >= 0.6 is 22.6 Å². The lowest BCUT2D eigenvalue weighted by atomic mass is 9.95. The maximum absolute atomic E-state index is 10.7. The van der Waals surface area contributed by atoms with Crippen LogP contribution in [0.15, 0.2) is 0 Å². The van der Waals surface area contributed by atoms with Gasteiger partial charge in [-0.1, -0.05) is 6.42 Å². The summed E-state index contributed by atoms with van der Waals surface area (Å²) < 4.78 is 10.1. The standard InChI is InChI=1S/C8H13IO3/c1-11-6-4-2-3-5-7(6)12-8(9)10/h6-7H,2-5H2,1H3. The SMILES string of the molecule is COC1CCCCC1OC(=O)I. The van der Waals surface area contributed by atoms with E-state index < -0.39 is 0 Å². The summed E-state index contributed by atoms with van der Waals surface area (Å²) in [5, 5.41) is 0. The van der Waals surface area contributed by atoms with Gasteiger partial charge in [0.25, 0.3) is 0 Å². The molecule has 0 saturated heterocycles. The van der Waals surface area contributed by atoms with Gasteiger partial charge >= 0.3 is 3.98 Å². The molecule has 0 bridgehead atoms. The van der Waals surface area contributed by atoms with Gasteiger partial charge in [0.2, 0.25) is 0 Å². The maximum atomic E-state index is 10.7. The topological polar surface area (TPSA) is 35.5 Å². The van der Waals surface area contributed by atoms with E-state index in [0.29, 0.717) is 0 Å². The Morgan fingerprint density at radius 1 is 1.33 bits per heavy atom. The van der Waals surface area contributed by atoms with Gasteiger partial charge in [0.1, 0.15) is 6.10 Å². The molecule has 0 aromatic heterocycles. The van der Waals surface area contributed by atoms with Crippen molar-refractivity contribution in [1.29, 1.82) is 0 Å².